The van der Waals surface area contributed by atoms with E-state index in [2.05, 4.69) is 26.0 Å². The zero-order chi connectivity index (χ0) is 21.2. The Morgan fingerprint density at radius 1 is 0.897 bits per heavy atom. The van der Waals surface area contributed by atoms with E-state index in [0.29, 0.717) is 15.2 Å². The molecule has 0 spiro atoms. The molecule has 0 aliphatic rings. The highest BCUT2D eigenvalue weighted by molar-refractivity contribution is 9.10. The van der Waals surface area contributed by atoms with E-state index in [-0.39, 0.29) is 26.2 Å². The van der Waals surface area contributed by atoms with E-state index in [4.69, 9.17) is 34.8 Å². The number of nitrogens with one attached hydrogen (secondary N) is 2. The maximum Gasteiger partial charge on any atom is 0.261 e. The zero-order valence-corrected chi connectivity index (χ0v) is 19.1. The molecule has 0 aliphatic heterocycles. The predicted molar refractivity (Wildman–Crippen MR) is 121 cm³/mol. The SMILES string of the molecule is O=C(Nc1ccc(S(=O)(=O)Nc2cccc(Cl)c2Cl)cc1)c1cc(Br)ccc1Cl. The molecule has 0 bridgehead atoms. The van der Waals surface area contributed by atoms with Crippen molar-refractivity contribution in [1.29, 1.82) is 0 Å². The number of halogens is 4. The van der Waals surface area contributed by atoms with Crippen molar-refractivity contribution in [3.8, 4) is 0 Å². The molecule has 2 N–H and O–H groups in total. The van der Waals surface area contributed by atoms with E-state index in [0.717, 1.165) is 0 Å². The fourth-order valence-corrected chi connectivity index (χ4v) is 4.41. The molecule has 3 rings (SSSR count). The van der Waals surface area contributed by atoms with Gasteiger partial charge in [0.15, 0.2) is 0 Å². The van der Waals surface area contributed by atoms with Gasteiger partial charge in [-0.2, -0.15) is 0 Å². The average molecular weight is 535 g/mol. The number of hydrogen-bond donors (Lipinski definition) is 2. The van der Waals surface area contributed by atoms with Gasteiger partial charge in [-0.1, -0.05) is 56.8 Å². The number of sulfonamides is 1. The fourth-order valence-electron chi connectivity index (χ4n) is 2.37. The molecule has 150 valence electrons. The van der Waals surface area contributed by atoms with Gasteiger partial charge in [0.1, 0.15) is 0 Å². The number of carbonyl (C=O) groups is 1. The average Bonchev–Trinajstić information content (AvgIpc) is 2.67. The van der Waals surface area contributed by atoms with Crippen molar-refractivity contribution in [2.45, 2.75) is 4.90 Å². The van der Waals surface area contributed by atoms with Crippen molar-refractivity contribution in [3.63, 3.8) is 0 Å². The first kappa shape index (κ1) is 21.9. The molecule has 0 aliphatic carbocycles. The Bertz CT molecular complexity index is 1190. The Hall–Kier alpha value is -1.77. The number of hydrogen-bond acceptors (Lipinski definition) is 3. The minimum Gasteiger partial charge on any atom is -0.322 e. The monoisotopic (exact) mass is 532 g/mol. The number of anilines is 2. The lowest BCUT2D eigenvalue weighted by molar-refractivity contribution is 0.102. The summed E-state index contributed by atoms with van der Waals surface area (Å²) in [5, 5.41) is 3.31. The molecule has 0 fully saturated rings. The summed E-state index contributed by atoms with van der Waals surface area (Å²) in [4.78, 5) is 12.4. The van der Waals surface area contributed by atoms with Crippen LogP contribution in [0.5, 0.6) is 0 Å². The molecular formula is C19H12BrCl3N2O3S. The summed E-state index contributed by atoms with van der Waals surface area (Å²) in [5.41, 5.74) is 0.863. The van der Waals surface area contributed by atoms with E-state index >= 15 is 0 Å². The summed E-state index contributed by atoms with van der Waals surface area (Å²) in [6, 6.07) is 15.2. The molecule has 0 atom stereocenters. The quantitative estimate of drug-likeness (QED) is 0.394. The molecule has 0 saturated carbocycles. The third-order valence-electron chi connectivity index (χ3n) is 3.79. The molecule has 0 heterocycles. The standard InChI is InChI=1S/C19H12BrCl3N2O3S/c20-11-4-9-15(21)14(10-11)19(26)24-12-5-7-13(8-6-12)29(27,28)25-17-3-1-2-16(22)18(17)23/h1-10,25H,(H,24,26). The smallest absolute Gasteiger partial charge is 0.261 e. The van der Waals surface area contributed by atoms with Crippen molar-refractivity contribution in [2.75, 3.05) is 10.0 Å². The van der Waals surface area contributed by atoms with Crippen molar-refractivity contribution in [2.24, 2.45) is 0 Å². The largest absolute Gasteiger partial charge is 0.322 e. The first-order valence-electron chi connectivity index (χ1n) is 8.01. The van der Waals surface area contributed by atoms with Crippen LogP contribution in [0.2, 0.25) is 15.1 Å². The molecule has 3 aromatic carbocycles. The van der Waals surface area contributed by atoms with Gasteiger partial charge in [0.05, 0.1) is 31.2 Å². The van der Waals surface area contributed by atoms with Gasteiger partial charge in [-0.3, -0.25) is 9.52 Å². The lowest BCUT2D eigenvalue weighted by atomic mass is 10.2. The van der Waals surface area contributed by atoms with Crippen LogP contribution >= 0.6 is 50.7 Å². The third kappa shape index (κ3) is 5.24. The topological polar surface area (TPSA) is 75.3 Å². The second-order valence-corrected chi connectivity index (χ2v) is 9.60. The van der Waals surface area contributed by atoms with Gasteiger partial charge in [0.2, 0.25) is 0 Å². The minimum atomic E-state index is -3.90. The lowest BCUT2D eigenvalue weighted by Crippen LogP contribution is -2.14. The summed E-state index contributed by atoms with van der Waals surface area (Å²) in [6.45, 7) is 0. The molecule has 1 amide bonds. The first-order chi connectivity index (χ1) is 13.7. The van der Waals surface area contributed by atoms with Crippen molar-refractivity contribution >= 4 is 78.0 Å². The molecule has 0 aromatic heterocycles. The number of carbonyl (C=O) groups excluding carboxylic acids is 1. The Labute approximate surface area is 191 Å². The van der Waals surface area contributed by atoms with Gasteiger partial charge >= 0.3 is 0 Å². The van der Waals surface area contributed by atoms with Gasteiger partial charge in [-0.15, -0.1) is 0 Å². The van der Waals surface area contributed by atoms with E-state index in [1.165, 1.54) is 30.3 Å². The van der Waals surface area contributed by atoms with Crippen LogP contribution in [-0.2, 0) is 10.0 Å². The Morgan fingerprint density at radius 3 is 2.28 bits per heavy atom. The fraction of sp³-hybridized carbons (Fsp3) is 0. The van der Waals surface area contributed by atoms with Crippen LogP contribution in [0.3, 0.4) is 0 Å². The van der Waals surface area contributed by atoms with Gasteiger partial charge in [0, 0.05) is 10.2 Å². The van der Waals surface area contributed by atoms with Gasteiger partial charge < -0.3 is 5.32 Å². The molecule has 0 unspecified atom stereocenters. The second-order valence-electron chi connectivity index (χ2n) is 5.81. The van der Waals surface area contributed by atoms with Crippen LogP contribution in [0.4, 0.5) is 11.4 Å². The van der Waals surface area contributed by atoms with Crippen LogP contribution in [0.15, 0.2) is 70.0 Å². The lowest BCUT2D eigenvalue weighted by Gasteiger charge is -2.11. The number of rotatable bonds is 5. The van der Waals surface area contributed by atoms with Crippen LogP contribution < -0.4 is 10.0 Å². The summed E-state index contributed by atoms with van der Waals surface area (Å²) < 4.78 is 28.3. The van der Waals surface area contributed by atoms with E-state index in [9.17, 15) is 13.2 Å². The molecule has 0 radical (unpaired) electrons. The number of amides is 1. The second kappa shape index (κ2) is 8.93. The Kier molecular flexibility index (Phi) is 6.76. The van der Waals surface area contributed by atoms with Crippen LogP contribution in [0.1, 0.15) is 10.4 Å². The summed E-state index contributed by atoms with van der Waals surface area (Å²) in [5.74, 6) is -0.421. The minimum absolute atomic E-state index is 0.00738. The molecule has 10 heteroatoms. The summed E-state index contributed by atoms with van der Waals surface area (Å²) >= 11 is 21.3. The predicted octanol–water partition coefficient (Wildman–Crippen LogP) is 6.46. The molecule has 5 nitrogen and oxygen atoms in total. The first-order valence-corrected chi connectivity index (χ1v) is 11.4. The molecule has 29 heavy (non-hydrogen) atoms. The van der Waals surface area contributed by atoms with Crippen LogP contribution in [0.25, 0.3) is 0 Å². The van der Waals surface area contributed by atoms with Crippen LogP contribution in [-0.4, -0.2) is 14.3 Å². The highest BCUT2D eigenvalue weighted by Gasteiger charge is 2.17. The van der Waals surface area contributed by atoms with Crippen molar-refractivity contribution in [1.82, 2.24) is 0 Å². The van der Waals surface area contributed by atoms with Crippen LogP contribution in [0, 0.1) is 0 Å². The summed E-state index contributed by atoms with van der Waals surface area (Å²) in [7, 11) is -3.90. The molecule has 0 saturated heterocycles. The summed E-state index contributed by atoms with van der Waals surface area (Å²) in [6.07, 6.45) is 0. The van der Waals surface area contributed by atoms with Crippen molar-refractivity contribution in [3.05, 3.63) is 85.8 Å². The maximum absolute atomic E-state index is 12.6. The van der Waals surface area contributed by atoms with Gasteiger partial charge in [0.25, 0.3) is 15.9 Å². The van der Waals surface area contributed by atoms with Gasteiger partial charge in [-0.25, -0.2) is 8.42 Å². The molecule has 3 aromatic rings. The van der Waals surface area contributed by atoms with Gasteiger partial charge in [-0.05, 0) is 54.6 Å². The highest BCUT2D eigenvalue weighted by Crippen LogP contribution is 2.31. The van der Waals surface area contributed by atoms with E-state index in [1.807, 2.05) is 0 Å². The number of benzene rings is 3. The highest BCUT2D eigenvalue weighted by atomic mass is 79.9. The normalized spacial score (nSPS) is 11.2. The van der Waals surface area contributed by atoms with Crippen molar-refractivity contribution < 1.29 is 13.2 Å². The third-order valence-corrected chi connectivity index (χ3v) is 6.81. The maximum atomic E-state index is 12.6. The Morgan fingerprint density at radius 2 is 1.59 bits per heavy atom. The van der Waals surface area contributed by atoms with E-state index < -0.39 is 15.9 Å². The zero-order valence-electron chi connectivity index (χ0n) is 14.4. The van der Waals surface area contributed by atoms with E-state index in [1.54, 1.807) is 30.3 Å². The molecular weight excluding hydrogens is 523 g/mol. The Balaban J connectivity index is 1.78.